The molecular weight excluding hydrogens is 470 g/mol. The summed E-state index contributed by atoms with van der Waals surface area (Å²) in [5, 5.41) is 21.7. The molecule has 164 valence electrons. The number of carbonyl (C=O) groups excluding carboxylic acids is 1. The first-order valence-corrected chi connectivity index (χ1v) is 11.3. The van der Waals surface area contributed by atoms with Crippen LogP contribution in [0.3, 0.4) is 0 Å². The van der Waals surface area contributed by atoms with Crippen molar-refractivity contribution in [1.82, 2.24) is 5.32 Å². The van der Waals surface area contributed by atoms with E-state index in [9.17, 15) is 15.3 Å². The lowest BCUT2D eigenvalue weighted by Gasteiger charge is -2.15. The Balaban J connectivity index is 1.84. The van der Waals surface area contributed by atoms with Gasteiger partial charge in [0.25, 0.3) is 5.91 Å². The summed E-state index contributed by atoms with van der Waals surface area (Å²) in [6.07, 6.45) is 5.65. The molecule has 32 heavy (non-hydrogen) atoms. The van der Waals surface area contributed by atoms with Crippen molar-refractivity contribution in [3.05, 3.63) is 63.1 Å². The molecule has 0 aliphatic heterocycles. The molecule has 3 rings (SSSR count). The highest BCUT2D eigenvalue weighted by Crippen LogP contribution is 2.38. The van der Waals surface area contributed by atoms with Gasteiger partial charge in [0.05, 0.1) is 22.7 Å². The van der Waals surface area contributed by atoms with Crippen molar-refractivity contribution >= 4 is 27.9 Å². The quantitative estimate of drug-likeness (QED) is 0.399. The van der Waals surface area contributed by atoms with Crippen LogP contribution in [-0.4, -0.2) is 18.6 Å². The Hall–Kier alpha value is -3.29. The third-order valence-corrected chi connectivity index (χ3v) is 5.80. The van der Waals surface area contributed by atoms with Crippen LogP contribution in [0.4, 0.5) is 0 Å². The fourth-order valence-corrected chi connectivity index (χ4v) is 4.20. The predicted molar refractivity (Wildman–Crippen MR) is 125 cm³/mol. The second kappa shape index (κ2) is 11.4. The average Bonchev–Trinajstić information content (AvgIpc) is 3.30. The van der Waals surface area contributed by atoms with E-state index in [1.165, 1.54) is 0 Å². The zero-order valence-electron chi connectivity index (χ0n) is 17.9. The number of hydrogen-bond acceptors (Lipinski definition) is 5. The van der Waals surface area contributed by atoms with Gasteiger partial charge in [-0.05, 0) is 65.5 Å². The molecule has 0 unspecified atom stereocenters. The maximum Gasteiger partial charge on any atom is 0.262 e. The average molecular weight is 494 g/mol. The number of nitriles is 2. The smallest absolute Gasteiger partial charge is 0.262 e. The number of rotatable bonds is 8. The number of carbonyl (C=O) groups is 1. The van der Waals surface area contributed by atoms with Crippen molar-refractivity contribution in [2.75, 3.05) is 6.61 Å². The highest BCUT2D eigenvalue weighted by molar-refractivity contribution is 9.10. The maximum absolute atomic E-state index is 12.5. The fourth-order valence-electron chi connectivity index (χ4n) is 3.63. The molecule has 1 N–H and O–H groups in total. The molecule has 1 fully saturated rings. The van der Waals surface area contributed by atoms with Gasteiger partial charge in [-0.15, -0.1) is 0 Å². The number of nitrogens with zero attached hydrogens (tertiary/aromatic N) is 2. The van der Waals surface area contributed by atoms with E-state index >= 15 is 0 Å². The van der Waals surface area contributed by atoms with E-state index in [4.69, 9.17) is 9.47 Å². The van der Waals surface area contributed by atoms with Crippen molar-refractivity contribution in [2.45, 2.75) is 45.3 Å². The predicted octanol–water partition coefficient (Wildman–Crippen LogP) is 5.26. The largest absolute Gasteiger partial charge is 0.490 e. The summed E-state index contributed by atoms with van der Waals surface area (Å²) >= 11 is 3.51. The minimum absolute atomic E-state index is 0.0443. The highest BCUT2D eigenvalue weighted by Gasteiger charge is 2.20. The molecule has 2 aromatic rings. The Morgan fingerprint density at radius 1 is 1.22 bits per heavy atom. The standard InChI is InChI=1S/C25H24BrN3O3/c1-2-31-23-13-17(11-20(15-28)25(30)29-21-9-5-6-10-21)12-22(26)24(23)32-16-19-8-4-3-7-18(19)14-27/h3-4,7-8,11-13,21H,2,5-6,9-10,16H2,1H3,(H,29,30)/b20-11-. The van der Waals surface area contributed by atoms with Gasteiger partial charge in [-0.2, -0.15) is 10.5 Å². The van der Waals surface area contributed by atoms with Crippen molar-refractivity contribution in [1.29, 1.82) is 10.5 Å². The molecule has 0 bridgehead atoms. The van der Waals surface area contributed by atoms with E-state index in [1.54, 1.807) is 30.3 Å². The third-order valence-electron chi connectivity index (χ3n) is 5.21. The van der Waals surface area contributed by atoms with Crippen LogP contribution in [0.2, 0.25) is 0 Å². The summed E-state index contributed by atoms with van der Waals surface area (Å²) in [6, 6.07) is 15.0. The molecule has 1 aliphatic carbocycles. The summed E-state index contributed by atoms with van der Waals surface area (Å²) in [7, 11) is 0. The Morgan fingerprint density at radius 2 is 1.97 bits per heavy atom. The van der Waals surface area contributed by atoms with Gasteiger partial charge in [0.1, 0.15) is 18.2 Å². The third kappa shape index (κ3) is 5.90. The molecule has 1 amide bonds. The number of benzene rings is 2. The van der Waals surface area contributed by atoms with Crippen LogP contribution in [0, 0.1) is 22.7 Å². The van der Waals surface area contributed by atoms with Crippen LogP contribution in [0.25, 0.3) is 6.08 Å². The van der Waals surface area contributed by atoms with E-state index in [0.29, 0.717) is 33.7 Å². The van der Waals surface area contributed by atoms with Crippen molar-refractivity contribution in [3.8, 4) is 23.6 Å². The molecule has 6 nitrogen and oxygen atoms in total. The summed E-state index contributed by atoms with van der Waals surface area (Å²) in [5.74, 6) is 0.614. The van der Waals surface area contributed by atoms with Gasteiger partial charge in [0, 0.05) is 11.6 Å². The molecule has 1 saturated carbocycles. The number of amides is 1. The molecular formula is C25H24BrN3O3. The SMILES string of the molecule is CCOc1cc(/C=C(/C#N)C(=O)NC2CCCC2)cc(Br)c1OCc1ccccc1C#N. The fraction of sp³-hybridized carbons (Fsp3) is 0.320. The minimum atomic E-state index is -0.359. The molecule has 0 aromatic heterocycles. The molecule has 0 saturated heterocycles. The monoisotopic (exact) mass is 493 g/mol. The van der Waals surface area contributed by atoms with Crippen molar-refractivity contribution in [3.63, 3.8) is 0 Å². The molecule has 1 aliphatic rings. The van der Waals surface area contributed by atoms with E-state index in [-0.39, 0.29) is 24.1 Å². The van der Waals surface area contributed by atoms with Gasteiger partial charge in [-0.25, -0.2) is 0 Å². The first kappa shape index (κ1) is 23.4. The molecule has 0 radical (unpaired) electrons. The maximum atomic E-state index is 12.5. The first-order valence-electron chi connectivity index (χ1n) is 10.6. The Bertz CT molecular complexity index is 1090. The lowest BCUT2D eigenvalue weighted by molar-refractivity contribution is -0.117. The van der Waals surface area contributed by atoms with Crippen molar-refractivity contribution in [2.24, 2.45) is 0 Å². The minimum Gasteiger partial charge on any atom is -0.490 e. The zero-order valence-corrected chi connectivity index (χ0v) is 19.4. The van der Waals surface area contributed by atoms with E-state index in [2.05, 4.69) is 27.3 Å². The first-order chi connectivity index (χ1) is 15.5. The summed E-state index contributed by atoms with van der Waals surface area (Å²) in [4.78, 5) is 12.5. The van der Waals surface area contributed by atoms with Crippen LogP contribution >= 0.6 is 15.9 Å². The second-order valence-electron chi connectivity index (χ2n) is 7.45. The van der Waals surface area contributed by atoms with Gasteiger partial charge in [-0.1, -0.05) is 31.0 Å². The Kier molecular flexibility index (Phi) is 8.30. The molecule has 7 heteroatoms. The van der Waals surface area contributed by atoms with E-state index in [0.717, 1.165) is 31.2 Å². The summed E-state index contributed by atoms with van der Waals surface area (Å²) < 4.78 is 12.4. The lowest BCUT2D eigenvalue weighted by Crippen LogP contribution is -2.33. The van der Waals surface area contributed by atoms with Gasteiger partial charge in [-0.3, -0.25) is 4.79 Å². The highest BCUT2D eigenvalue weighted by atomic mass is 79.9. The van der Waals surface area contributed by atoms with E-state index < -0.39 is 0 Å². The molecule has 0 spiro atoms. The molecule has 0 heterocycles. The Labute approximate surface area is 196 Å². The van der Waals surface area contributed by atoms with Crippen LogP contribution in [0.15, 0.2) is 46.4 Å². The van der Waals surface area contributed by atoms with Crippen molar-refractivity contribution < 1.29 is 14.3 Å². The van der Waals surface area contributed by atoms with Crippen LogP contribution < -0.4 is 14.8 Å². The zero-order chi connectivity index (χ0) is 22.9. The van der Waals surface area contributed by atoms with Crippen LogP contribution in [-0.2, 0) is 11.4 Å². The van der Waals surface area contributed by atoms with Gasteiger partial charge < -0.3 is 14.8 Å². The van der Waals surface area contributed by atoms with Gasteiger partial charge in [0.15, 0.2) is 11.5 Å². The number of nitrogens with one attached hydrogen (secondary N) is 1. The number of halogens is 1. The summed E-state index contributed by atoms with van der Waals surface area (Å²) in [6.45, 7) is 2.48. The van der Waals surface area contributed by atoms with Gasteiger partial charge >= 0.3 is 0 Å². The van der Waals surface area contributed by atoms with Crippen LogP contribution in [0.1, 0.15) is 49.3 Å². The number of ether oxygens (including phenoxy) is 2. The van der Waals surface area contributed by atoms with Crippen LogP contribution in [0.5, 0.6) is 11.5 Å². The number of hydrogen-bond donors (Lipinski definition) is 1. The molecule has 2 aromatic carbocycles. The molecule has 0 atom stereocenters. The summed E-state index contributed by atoms with van der Waals surface area (Å²) in [5.41, 5.74) is 2.00. The van der Waals surface area contributed by atoms with E-state index in [1.807, 2.05) is 25.1 Å². The topological polar surface area (TPSA) is 95.1 Å². The normalized spacial score (nSPS) is 13.8. The second-order valence-corrected chi connectivity index (χ2v) is 8.30. The lowest BCUT2D eigenvalue weighted by atomic mass is 10.1. The van der Waals surface area contributed by atoms with Gasteiger partial charge in [0.2, 0.25) is 0 Å². The Morgan fingerprint density at radius 3 is 2.66 bits per heavy atom.